The van der Waals surface area contributed by atoms with Crippen molar-refractivity contribution in [3.8, 4) is 0 Å². The van der Waals surface area contributed by atoms with Crippen molar-refractivity contribution in [2.75, 3.05) is 0 Å². The Morgan fingerprint density at radius 1 is 1.06 bits per heavy atom. The molecule has 0 spiro atoms. The summed E-state index contributed by atoms with van der Waals surface area (Å²) in [5.41, 5.74) is 1.41. The lowest BCUT2D eigenvalue weighted by Gasteiger charge is -2.26. The average molecular weight is 215 g/mol. The van der Waals surface area contributed by atoms with Crippen molar-refractivity contribution in [1.29, 1.82) is 0 Å². The minimum Gasteiger partial charge on any atom is -0.306 e. The quantitative estimate of drug-likeness (QED) is 0.755. The van der Waals surface area contributed by atoms with Gasteiger partial charge in [-0.25, -0.2) is 0 Å². The topological polar surface area (TPSA) is 12.0 Å². The summed E-state index contributed by atoms with van der Waals surface area (Å²) in [5, 5.41) is 3.77. The minimum absolute atomic E-state index is 0.478. The number of rotatable bonds is 4. The summed E-state index contributed by atoms with van der Waals surface area (Å²) >= 11 is 0. The van der Waals surface area contributed by atoms with Gasteiger partial charge >= 0.3 is 0 Å². The molecule has 1 aliphatic rings. The van der Waals surface area contributed by atoms with Gasteiger partial charge in [-0.05, 0) is 24.3 Å². The normalized spacial score (nSPS) is 18.2. The van der Waals surface area contributed by atoms with Crippen LogP contribution in [0.4, 0.5) is 0 Å². The smallest absolute Gasteiger partial charge is 0.0346 e. The second-order valence-electron chi connectivity index (χ2n) is 4.94. The van der Waals surface area contributed by atoms with Gasteiger partial charge in [-0.1, -0.05) is 56.3 Å². The molecule has 0 fully saturated rings. The maximum atomic E-state index is 3.77. The van der Waals surface area contributed by atoms with E-state index in [0.717, 1.165) is 0 Å². The predicted molar refractivity (Wildman–Crippen MR) is 69.3 cm³/mol. The summed E-state index contributed by atoms with van der Waals surface area (Å²) in [4.78, 5) is 0. The molecule has 0 aromatic heterocycles. The molecule has 1 aromatic carbocycles. The van der Waals surface area contributed by atoms with Gasteiger partial charge in [-0.2, -0.15) is 0 Å². The van der Waals surface area contributed by atoms with Gasteiger partial charge in [0.25, 0.3) is 0 Å². The van der Waals surface area contributed by atoms with Crippen molar-refractivity contribution in [3.05, 3.63) is 48.0 Å². The highest BCUT2D eigenvalue weighted by atomic mass is 15.0. The van der Waals surface area contributed by atoms with Crippen LogP contribution in [0.1, 0.15) is 38.3 Å². The van der Waals surface area contributed by atoms with Gasteiger partial charge in [0.1, 0.15) is 0 Å². The third-order valence-corrected chi connectivity index (χ3v) is 3.25. The first-order valence-electron chi connectivity index (χ1n) is 6.23. The van der Waals surface area contributed by atoms with E-state index in [1.807, 2.05) is 0 Å². The van der Waals surface area contributed by atoms with Crippen LogP contribution in [0.2, 0.25) is 0 Å². The van der Waals surface area contributed by atoms with E-state index in [-0.39, 0.29) is 0 Å². The summed E-state index contributed by atoms with van der Waals surface area (Å²) in [6.07, 6.45) is 6.91. The number of nitrogens with one attached hydrogen (secondary N) is 1. The molecule has 1 aromatic rings. The fraction of sp³-hybridized carbons (Fsp3) is 0.467. The third-order valence-electron chi connectivity index (χ3n) is 3.25. The highest BCUT2D eigenvalue weighted by molar-refractivity contribution is 5.20. The lowest BCUT2D eigenvalue weighted by Crippen LogP contribution is -2.33. The molecule has 0 amide bonds. The Morgan fingerprint density at radius 3 is 2.25 bits per heavy atom. The molecule has 86 valence electrons. The van der Waals surface area contributed by atoms with Crippen molar-refractivity contribution in [2.24, 2.45) is 5.92 Å². The van der Waals surface area contributed by atoms with E-state index in [1.165, 1.54) is 18.4 Å². The molecule has 0 heterocycles. The van der Waals surface area contributed by atoms with Gasteiger partial charge in [0, 0.05) is 12.1 Å². The first-order chi connectivity index (χ1) is 7.77. The van der Waals surface area contributed by atoms with Gasteiger partial charge in [0.15, 0.2) is 0 Å². The van der Waals surface area contributed by atoms with Crippen LogP contribution >= 0.6 is 0 Å². The molecule has 0 bridgehead atoms. The summed E-state index contributed by atoms with van der Waals surface area (Å²) in [6.45, 7) is 4.57. The van der Waals surface area contributed by atoms with E-state index in [1.54, 1.807) is 0 Å². The second-order valence-corrected chi connectivity index (χ2v) is 4.94. The van der Waals surface area contributed by atoms with Gasteiger partial charge < -0.3 is 5.32 Å². The molecule has 1 nitrogen and oxygen atoms in total. The standard InChI is InChI=1S/C15H21N/c1-12(2)15(13-8-4-3-5-9-13)16-14-10-6-7-11-14/h3-9,12,14-16H,10-11H2,1-2H3. The molecular formula is C15H21N. The van der Waals surface area contributed by atoms with E-state index < -0.39 is 0 Å². The lowest BCUT2D eigenvalue weighted by atomic mass is 9.95. The number of hydrogen-bond acceptors (Lipinski definition) is 1. The van der Waals surface area contributed by atoms with Gasteiger partial charge in [0.2, 0.25) is 0 Å². The summed E-state index contributed by atoms with van der Waals surface area (Å²) in [5.74, 6) is 0.628. The Hall–Kier alpha value is -1.08. The van der Waals surface area contributed by atoms with Gasteiger partial charge in [-0.3, -0.25) is 0 Å². The fourth-order valence-corrected chi connectivity index (χ4v) is 2.34. The van der Waals surface area contributed by atoms with Crippen LogP contribution in [0.5, 0.6) is 0 Å². The van der Waals surface area contributed by atoms with Crippen LogP contribution in [0.15, 0.2) is 42.5 Å². The molecule has 2 rings (SSSR count). The average Bonchev–Trinajstić information content (AvgIpc) is 2.79. The highest BCUT2D eigenvalue weighted by Gasteiger charge is 2.20. The molecule has 0 aliphatic heterocycles. The molecule has 1 heteroatoms. The van der Waals surface area contributed by atoms with Crippen molar-refractivity contribution in [3.63, 3.8) is 0 Å². The fourth-order valence-electron chi connectivity index (χ4n) is 2.34. The van der Waals surface area contributed by atoms with Crippen molar-refractivity contribution in [2.45, 2.75) is 38.8 Å². The van der Waals surface area contributed by atoms with E-state index in [2.05, 4.69) is 61.6 Å². The summed E-state index contributed by atoms with van der Waals surface area (Å²) < 4.78 is 0. The molecule has 0 saturated heterocycles. The third kappa shape index (κ3) is 2.73. The van der Waals surface area contributed by atoms with E-state index in [0.29, 0.717) is 18.0 Å². The van der Waals surface area contributed by atoms with Crippen LogP contribution in [-0.2, 0) is 0 Å². The molecule has 0 radical (unpaired) electrons. The van der Waals surface area contributed by atoms with Gasteiger partial charge in [-0.15, -0.1) is 0 Å². The Bertz CT molecular complexity index is 332. The maximum absolute atomic E-state index is 3.77. The van der Waals surface area contributed by atoms with Crippen LogP contribution < -0.4 is 5.32 Å². The Kier molecular flexibility index (Phi) is 3.79. The SMILES string of the molecule is CC(C)C(NC1CC=CC1)c1ccccc1. The Balaban J connectivity index is 2.05. The monoisotopic (exact) mass is 215 g/mol. The molecule has 16 heavy (non-hydrogen) atoms. The Morgan fingerprint density at radius 2 is 1.69 bits per heavy atom. The predicted octanol–water partition coefficient (Wildman–Crippen LogP) is 3.69. The zero-order valence-corrected chi connectivity index (χ0v) is 10.2. The van der Waals surface area contributed by atoms with Crippen LogP contribution in [-0.4, -0.2) is 6.04 Å². The number of hydrogen-bond donors (Lipinski definition) is 1. The molecule has 1 N–H and O–H groups in total. The van der Waals surface area contributed by atoms with Crippen molar-refractivity contribution in [1.82, 2.24) is 5.32 Å². The Labute approximate surface area is 98.6 Å². The van der Waals surface area contributed by atoms with E-state index in [4.69, 9.17) is 0 Å². The highest BCUT2D eigenvalue weighted by Crippen LogP contribution is 2.24. The largest absolute Gasteiger partial charge is 0.306 e. The van der Waals surface area contributed by atoms with Crippen LogP contribution in [0.25, 0.3) is 0 Å². The molecule has 1 atom stereocenters. The lowest BCUT2D eigenvalue weighted by molar-refractivity contribution is 0.365. The van der Waals surface area contributed by atoms with Crippen molar-refractivity contribution < 1.29 is 0 Å². The maximum Gasteiger partial charge on any atom is 0.0346 e. The van der Waals surface area contributed by atoms with Crippen LogP contribution in [0.3, 0.4) is 0 Å². The zero-order valence-electron chi connectivity index (χ0n) is 10.2. The van der Waals surface area contributed by atoms with E-state index >= 15 is 0 Å². The van der Waals surface area contributed by atoms with Crippen LogP contribution in [0, 0.1) is 5.92 Å². The first kappa shape index (κ1) is 11.4. The zero-order chi connectivity index (χ0) is 11.4. The minimum atomic E-state index is 0.478. The number of benzene rings is 1. The van der Waals surface area contributed by atoms with E-state index in [9.17, 15) is 0 Å². The molecule has 1 aliphatic carbocycles. The summed E-state index contributed by atoms with van der Waals surface area (Å²) in [7, 11) is 0. The molecular weight excluding hydrogens is 194 g/mol. The second kappa shape index (κ2) is 5.31. The molecule has 1 unspecified atom stereocenters. The summed E-state index contributed by atoms with van der Waals surface area (Å²) in [6, 6.07) is 11.9. The van der Waals surface area contributed by atoms with Crippen molar-refractivity contribution >= 4 is 0 Å². The molecule has 0 saturated carbocycles. The first-order valence-corrected chi connectivity index (χ1v) is 6.23. The van der Waals surface area contributed by atoms with Gasteiger partial charge in [0.05, 0.1) is 0 Å².